The van der Waals surface area contributed by atoms with Crippen LogP contribution in [0.3, 0.4) is 0 Å². The van der Waals surface area contributed by atoms with E-state index in [-0.39, 0.29) is 30.9 Å². The first-order valence-corrected chi connectivity index (χ1v) is 0.651. The normalized spacial score (nSPS) is 3.43. The van der Waals surface area contributed by atoms with Crippen molar-refractivity contribution in [3.05, 3.63) is 0 Å². The maximum Gasteiger partial charge on any atom is 0.503 e. The first-order chi connectivity index (χ1) is 1.73. The van der Waals surface area contributed by atoms with Gasteiger partial charge in [0.2, 0.25) is 0 Å². The summed E-state index contributed by atoms with van der Waals surface area (Å²) in [6, 6.07) is 0. The molecule has 0 aromatic rings. The molecule has 5 heteroatoms. The van der Waals surface area contributed by atoms with Crippen molar-refractivity contribution in [3.8, 4) is 0 Å². The Bertz CT molecular complexity index is 35.9. The Balaban J connectivity index is -0.0000000150. The van der Waals surface area contributed by atoms with Gasteiger partial charge in [-0.05, 0) is 0 Å². The van der Waals surface area contributed by atoms with E-state index in [1.165, 1.54) is 0 Å². The van der Waals surface area contributed by atoms with Gasteiger partial charge >= 0.3 is 6.16 Å². The number of hydrogen-bond donors (Lipinski definition) is 3. The quantitative estimate of drug-likeness (QED) is 0.392. The topological polar surface area (TPSA) is 92.5 Å². The van der Waals surface area contributed by atoms with E-state index < -0.39 is 6.16 Å². The highest BCUT2D eigenvalue weighted by atomic mass is 27.0. The Morgan fingerprint density at radius 1 is 1.29 bits per heavy atom. The van der Waals surface area contributed by atoms with E-state index in [1.807, 2.05) is 0 Å². The van der Waals surface area contributed by atoms with Crippen LogP contribution >= 0.6 is 0 Å². The molecular weight excluding hydrogens is 113 g/mol. The summed E-state index contributed by atoms with van der Waals surface area (Å²) in [6.07, 6.45) is -1.83. The second kappa shape index (κ2) is 17.1. The summed E-state index contributed by atoms with van der Waals surface area (Å²) in [5, 5.41) is 13.9. The zero-order valence-corrected chi connectivity index (χ0v) is 2.51. The van der Waals surface area contributed by atoms with Crippen molar-refractivity contribution in [1.29, 1.82) is 0 Å². The summed E-state index contributed by atoms with van der Waals surface area (Å²) in [5.41, 5.74) is 0. The summed E-state index contributed by atoms with van der Waals surface area (Å²) in [7, 11) is 0. The molecule has 0 aliphatic heterocycles. The largest absolute Gasteiger partial charge is 0.503 e. The molecule has 0 fully saturated rings. The van der Waals surface area contributed by atoms with Crippen LogP contribution in [0.15, 0.2) is 0 Å². The van der Waals surface area contributed by atoms with Crippen LogP contribution in [0.1, 0.15) is 7.43 Å². The third kappa shape index (κ3) is 1450. The predicted molar refractivity (Wildman–Crippen MR) is 32.3 cm³/mol. The van der Waals surface area contributed by atoms with Gasteiger partial charge in [-0.3, -0.25) is 0 Å². The molecule has 0 atom stereocenters. The molecule has 0 amide bonds. The lowest BCUT2D eigenvalue weighted by Gasteiger charge is -1.60. The van der Waals surface area contributed by atoms with Gasteiger partial charge in [0.1, 0.15) is 0 Å². The molecule has 0 spiro atoms. The second-order valence-electron chi connectivity index (χ2n) is 0.283. The fraction of sp³-hybridized carbons (Fsp3) is 0.500. The minimum absolute atomic E-state index is 0. The third-order valence-electron chi connectivity index (χ3n) is 0. The molecule has 0 aromatic heterocycles. The van der Waals surface area contributed by atoms with Gasteiger partial charge in [0.25, 0.3) is 0 Å². The van der Waals surface area contributed by atoms with Crippen molar-refractivity contribution in [3.63, 3.8) is 0 Å². The Labute approximate surface area is 52.9 Å². The maximum absolute atomic E-state index is 8.56. The summed E-state index contributed by atoms with van der Waals surface area (Å²) in [6.45, 7) is 0. The van der Waals surface area contributed by atoms with Crippen LogP contribution in [0.5, 0.6) is 0 Å². The molecule has 0 heterocycles. The summed E-state index contributed by atoms with van der Waals surface area (Å²) >= 11 is 0. The number of carbonyl (C=O) groups is 1. The highest BCUT2D eigenvalue weighted by Gasteiger charge is 1.70. The summed E-state index contributed by atoms with van der Waals surface area (Å²) in [5.74, 6) is 0. The van der Waals surface area contributed by atoms with Gasteiger partial charge in [-0.1, -0.05) is 7.43 Å². The molecule has 0 aliphatic carbocycles. The SMILES string of the molecule is C.N.O=C(O)O.[AlH3]. The predicted octanol–water partition coefficient (Wildman–Crippen LogP) is -0.163. The van der Waals surface area contributed by atoms with Crippen LogP contribution in [0, 0.1) is 0 Å². The molecule has 0 saturated carbocycles. The van der Waals surface area contributed by atoms with E-state index in [9.17, 15) is 0 Å². The molecule has 0 aromatic carbocycles. The molecular formula is C2H12AlNO3. The average molecular weight is 125 g/mol. The van der Waals surface area contributed by atoms with Crippen molar-refractivity contribution >= 4 is 23.5 Å². The van der Waals surface area contributed by atoms with Gasteiger partial charge in [-0.15, -0.1) is 0 Å². The van der Waals surface area contributed by atoms with Crippen LogP contribution in [-0.4, -0.2) is 33.7 Å². The second-order valence-corrected chi connectivity index (χ2v) is 0.283. The molecule has 0 radical (unpaired) electrons. The maximum atomic E-state index is 8.56. The Kier molecular flexibility index (Phi) is 72.0. The first-order valence-electron chi connectivity index (χ1n) is 0.651. The first kappa shape index (κ1) is 29.4. The molecule has 0 aliphatic rings. The van der Waals surface area contributed by atoms with E-state index >= 15 is 0 Å². The van der Waals surface area contributed by atoms with Gasteiger partial charge in [0.05, 0.1) is 0 Å². The Morgan fingerprint density at radius 3 is 1.29 bits per heavy atom. The van der Waals surface area contributed by atoms with E-state index in [0.717, 1.165) is 0 Å². The van der Waals surface area contributed by atoms with Crippen molar-refractivity contribution < 1.29 is 15.0 Å². The van der Waals surface area contributed by atoms with E-state index in [0.29, 0.717) is 0 Å². The lowest BCUT2D eigenvalue weighted by Crippen LogP contribution is -1.81. The lowest BCUT2D eigenvalue weighted by molar-refractivity contribution is 0.137. The van der Waals surface area contributed by atoms with Gasteiger partial charge in [0.15, 0.2) is 17.4 Å². The van der Waals surface area contributed by atoms with Crippen LogP contribution in [-0.2, 0) is 0 Å². The Morgan fingerprint density at radius 2 is 1.29 bits per heavy atom. The van der Waals surface area contributed by atoms with Crippen LogP contribution in [0.25, 0.3) is 0 Å². The van der Waals surface area contributed by atoms with E-state index in [1.54, 1.807) is 0 Å². The summed E-state index contributed by atoms with van der Waals surface area (Å²) in [4.78, 5) is 8.56. The number of carboxylic acid groups (broad SMARTS) is 2. The summed E-state index contributed by atoms with van der Waals surface area (Å²) < 4.78 is 0. The van der Waals surface area contributed by atoms with Crippen LogP contribution in [0.4, 0.5) is 4.79 Å². The van der Waals surface area contributed by atoms with Crippen molar-refractivity contribution in [1.82, 2.24) is 6.15 Å². The monoisotopic (exact) mass is 125 g/mol. The van der Waals surface area contributed by atoms with Crippen molar-refractivity contribution in [2.45, 2.75) is 7.43 Å². The highest BCUT2D eigenvalue weighted by molar-refractivity contribution is 5.75. The molecule has 7 heavy (non-hydrogen) atoms. The van der Waals surface area contributed by atoms with Gasteiger partial charge < -0.3 is 16.4 Å². The highest BCUT2D eigenvalue weighted by Crippen LogP contribution is 1.42. The van der Waals surface area contributed by atoms with Crippen LogP contribution in [0.2, 0.25) is 0 Å². The van der Waals surface area contributed by atoms with Gasteiger partial charge in [-0.2, -0.15) is 0 Å². The smallest absolute Gasteiger partial charge is 0.450 e. The Hall–Kier alpha value is -0.238. The standard InChI is InChI=1S/CH2O3.CH4.Al.H3N.3H/c2-1(3)4;;;;;;/h(H2,2,3,4);1H4;;1H3;;;. The lowest BCUT2D eigenvalue weighted by atomic mass is 11.5. The molecule has 0 unspecified atom stereocenters. The zero-order chi connectivity index (χ0) is 3.58. The van der Waals surface area contributed by atoms with E-state index in [4.69, 9.17) is 15.0 Å². The average Bonchev–Trinajstić information content (AvgIpc) is 0.811. The van der Waals surface area contributed by atoms with Gasteiger partial charge in [-0.25, -0.2) is 4.79 Å². The molecule has 0 bridgehead atoms. The molecule has 0 rings (SSSR count). The van der Waals surface area contributed by atoms with Crippen molar-refractivity contribution in [2.24, 2.45) is 0 Å². The molecule has 4 nitrogen and oxygen atoms in total. The third-order valence-corrected chi connectivity index (χ3v) is 0. The fourth-order valence-corrected chi connectivity index (χ4v) is 0. The van der Waals surface area contributed by atoms with Crippen LogP contribution < -0.4 is 6.15 Å². The van der Waals surface area contributed by atoms with E-state index in [2.05, 4.69) is 0 Å². The number of hydrogen-bond acceptors (Lipinski definition) is 2. The number of rotatable bonds is 0. The minimum Gasteiger partial charge on any atom is -0.450 e. The minimum atomic E-state index is -1.83. The fourth-order valence-electron chi connectivity index (χ4n) is 0. The molecule has 0 saturated heterocycles. The van der Waals surface area contributed by atoms with Gasteiger partial charge in [0, 0.05) is 0 Å². The molecule has 5 N–H and O–H groups in total. The zero-order valence-electron chi connectivity index (χ0n) is 2.51. The molecule has 46 valence electrons. The van der Waals surface area contributed by atoms with Crippen molar-refractivity contribution in [2.75, 3.05) is 0 Å².